The minimum atomic E-state index is -0.238. The summed E-state index contributed by atoms with van der Waals surface area (Å²) in [4.78, 5) is 11.8. The zero-order valence-electron chi connectivity index (χ0n) is 10.7. The number of amides is 1. The number of carbonyl (C=O) groups excluding carboxylic acids is 1. The molecule has 0 aliphatic rings. The molecule has 0 radical (unpaired) electrons. The van der Waals surface area contributed by atoms with Crippen molar-refractivity contribution in [2.24, 2.45) is 0 Å². The van der Waals surface area contributed by atoms with Crippen LogP contribution in [-0.2, 0) is 11.4 Å². The lowest BCUT2D eigenvalue weighted by Gasteiger charge is -2.08. The molecule has 0 atom stereocenters. The summed E-state index contributed by atoms with van der Waals surface area (Å²) in [6.07, 6.45) is 0. The number of benzene rings is 2. The Morgan fingerprint density at radius 2 is 2.00 bits per heavy atom. The number of ether oxygens (including phenoxy) is 1. The second-order valence-corrected chi connectivity index (χ2v) is 5.07. The smallest absolute Gasteiger partial charge is 0.262 e. The first-order valence-corrected chi connectivity index (χ1v) is 6.84. The molecular weight excluding hydrogens is 322 g/mol. The van der Waals surface area contributed by atoms with Crippen LogP contribution >= 0.6 is 15.9 Å². The van der Waals surface area contributed by atoms with Gasteiger partial charge in [-0.2, -0.15) is 0 Å². The van der Waals surface area contributed by atoms with E-state index in [9.17, 15) is 4.79 Å². The molecule has 2 aromatic rings. The lowest BCUT2D eigenvalue weighted by molar-refractivity contribution is -0.118. The van der Waals surface area contributed by atoms with Gasteiger partial charge in [-0.3, -0.25) is 4.79 Å². The molecule has 0 heterocycles. The molecule has 0 unspecified atom stereocenters. The molecule has 5 heteroatoms. The van der Waals surface area contributed by atoms with Crippen molar-refractivity contribution in [1.82, 2.24) is 0 Å². The maximum absolute atomic E-state index is 11.8. The number of aliphatic hydroxyl groups is 1. The van der Waals surface area contributed by atoms with Crippen molar-refractivity contribution in [3.63, 3.8) is 0 Å². The lowest BCUT2D eigenvalue weighted by atomic mass is 10.2. The molecule has 4 nitrogen and oxygen atoms in total. The van der Waals surface area contributed by atoms with Gasteiger partial charge in [-0.05, 0) is 35.9 Å². The Balaban J connectivity index is 1.88. The first-order chi connectivity index (χ1) is 9.67. The Morgan fingerprint density at radius 3 is 2.75 bits per heavy atom. The van der Waals surface area contributed by atoms with Crippen molar-refractivity contribution in [2.75, 3.05) is 11.9 Å². The third-order valence-corrected chi connectivity index (χ3v) is 3.05. The molecule has 1 amide bonds. The summed E-state index contributed by atoms with van der Waals surface area (Å²) in [6.45, 7) is -0.136. The second-order valence-electron chi connectivity index (χ2n) is 4.15. The van der Waals surface area contributed by atoms with Crippen LogP contribution in [0.4, 0.5) is 5.69 Å². The summed E-state index contributed by atoms with van der Waals surface area (Å²) >= 11 is 3.34. The predicted molar refractivity (Wildman–Crippen MR) is 80.6 cm³/mol. The van der Waals surface area contributed by atoms with Gasteiger partial charge in [0.1, 0.15) is 5.75 Å². The van der Waals surface area contributed by atoms with Gasteiger partial charge in [-0.15, -0.1) is 0 Å². The number of anilines is 1. The highest BCUT2D eigenvalue weighted by Gasteiger charge is 2.04. The molecule has 2 aromatic carbocycles. The average Bonchev–Trinajstić information content (AvgIpc) is 2.45. The number of rotatable bonds is 5. The molecule has 2 rings (SSSR count). The normalized spacial score (nSPS) is 10.1. The number of hydrogen-bond donors (Lipinski definition) is 2. The van der Waals surface area contributed by atoms with Gasteiger partial charge < -0.3 is 15.2 Å². The molecule has 104 valence electrons. The number of hydrogen-bond acceptors (Lipinski definition) is 3. The molecule has 0 fully saturated rings. The van der Waals surface area contributed by atoms with Crippen LogP contribution < -0.4 is 10.1 Å². The van der Waals surface area contributed by atoms with Gasteiger partial charge in [0.25, 0.3) is 5.91 Å². The second kappa shape index (κ2) is 7.07. The first-order valence-electron chi connectivity index (χ1n) is 6.05. The molecule has 0 aliphatic carbocycles. The van der Waals surface area contributed by atoms with Gasteiger partial charge in [-0.25, -0.2) is 0 Å². The number of nitrogens with one attached hydrogen (secondary N) is 1. The van der Waals surface area contributed by atoms with E-state index in [1.165, 1.54) is 0 Å². The highest BCUT2D eigenvalue weighted by molar-refractivity contribution is 9.10. The molecule has 2 N–H and O–H groups in total. The first kappa shape index (κ1) is 14.6. The molecule has 0 saturated carbocycles. The summed E-state index contributed by atoms with van der Waals surface area (Å²) in [5.41, 5.74) is 1.45. The Kier molecular flexibility index (Phi) is 5.15. The minimum absolute atomic E-state index is 0.0541. The minimum Gasteiger partial charge on any atom is -0.484 e. The maximum atomic E-state index is 11.8. The van der Waals surface area contributed by atoms with E-state index in [0.29, 0.717) is 11.4 Å². The largest absolute Gasteiger partial charge is 0.484 e. The summed E-state index contributed by atoms with van der Waals surface area (Å²) in [5, 5.41) is 11.8. The number of halogens is 1. The van der Waals surface area contributed by atoms with E-state index in [0.717, 1.165) is 10.0 Å². The van der Waals surface area contributed by atoms with Crippen LogP contribution in [0.3, 0.4) is 0 Å². The van der Waals surface area contributed by atoms with Crippen molar-refractivity contribution in [1.29, 1.82) is 0 Å². The zero-order chi connectivity index (χ0) is 14.4. The van der Waals surface area contributed by atoms with Crippen LogP contribution in [0.25, 0.3) is 0 Å². The highest BCUT2D eigenvalue weighted by Crippen LogP contribution is 2.16. The van der Waals surface area contributed by atoms with E-state index in [1.807, 2.05) is 18.2 Å². The third-order valence-electron chi connectivity index (χ3n) is 2.56. The van der Waals surface area contributed by atoms with Gasteiger partial charge in [0.15, 0.2) is 6.61 Å². The van der Waals surface area contributed by atoms with Crippen molar-refractivity contribution in [3.8, 4) is 5.75 Å². The monoisotopic (exact) mass is 335 g/mol. The van der Waals surface area contributed by atoms with Crippen molar-refractivity contribution in [2.45, 2.75) is 6.61 Å². The molecule has 0 aliphatic heterocycles. The summed E-state index contributed by atoms with van der Waals surface area (Å²) in [6, 6.07) is 14.3. The van der Waals surface area contributed by atoms with Gasteiger partial charge in [-0.1, -0.05) is 34.1 Å². The Hall–Kier alpha value is -1.85. The highest BCUT2D eigenvalue weighted by atomic mass is 79.9. The van der Waals surface area contributed by atoms with Crippen LogP contribution in [0.5, 0.6) is 5.75 Å². The van der Waals surface area contributed by atoms with Crippen molar-refractivity contribution >= 4 is 27.5 Å². The zero-order valence-corrected chi connectivity index (χ0v) is 12.3. The fourth-order valence-electron chi connectivity index (χ4n) is 1.65. The van der Waals surface area contributed by atoms with Gasteiger partial charge in [0, 0.05) is 10.2 Å². The van der Waals surface area contributed by atoms with Crippen molar-refractivity contribution < 1.29 is 14.6 Å². The summed E-state index contributed by atoms with van der Waals surface area (Å²) in [5.74, 6) is 0.318. The van der Waals surface area contributed by atoms with Crippen LogP contribution in [0.1, 0.15) is 5.56 Å². The SMILES string of the molecule is O=C(COc1cccc(CO)c1)Nc1cccc(Br)c1. The van der Waals surface area contributed by atoms with Gasteiger partial charge >= 0.3 is 0 Å². The van der Waals surface area contributed by atoms with Crippen LogP contribution in [0, 0.1) is 0 Å². The average molecular weight is 336 g/mol. The van der Waals surface area contributed by atoms with Crippen LogP contribution in [0.2, 0.25) is 0 Å². The van der Waals surface area contributed by atoms with E-state index in [1.54, 1.807) is 30.3 Å². The van der Waals surface area contributed by atoms with Gasteiger partial charge in [0.2, 0.25) is 0 Å². The number of carbonyl (C=O) groups is 1. The van der Waals surface area contributed by atoms with Gasteiger partial charge in [0.05, 0.1) is 6.61 Å². The summed E-state index contributed by atoms with van der Waals surface area (Å²) < 4.78 is 6.27. The maximum Gasteiger partial charge on any atom is 0.262 e. The van der Waals surface area contributed by atoms with Crippen LogP contribution in [0.15, 0.2) is 53.0 Å². The lowest BCUT2D eigenvalue weighted by Crippen LogP contribution is -2.20. The van der Waals surface area contributed by atoms with E-state index >= 15 is 0 Å². The molecule has 0 aromatic heterocycles. The third kappa shape index (κ3) is 4.36. The molecule has 0 bridgehead atoms. The quantitative estimate of drug-likeness (QED) is 0.883. The fraction of sp³-hybridized carbons (Fsp3) is 0.133. The molecule has 0 saturated heterocycles. The molecular formula is C15H14BrNO3. The topological polar surface area (TPSA) is 58.6 Å². The standard InChI is InChI=1S/C15H14BrNO3/c16-12-4-2-5-13(8-12)17-15(19)10-20-14-6-1-3-11(7-14)9-18/h1-8,18H,9-10H2,(H,17,19). The fourth-order valence-corrected chi connectivity index (χ4v) is 2.05. The predicted octanol–water partition coefficient (Wildman–Crippen LogP) is 2.96. The van der Waals surface area contributed by atoms with E-state index in [2.05, 4.69) is 21.2 Å². The molecule has 20 heavy (non-hydrogen) atoms. The Morgan fingerprint density at radius 1 is 1.20 bits per heavy atom. The van der Waals surface area contributed by atoms with E-state index in [-0.39, 0.29) is 19.1 Å². The van der Waals surface area contributed by atoms with E-state index in [4.69, 9.17) is 9.84 Å². The molecule has 0 spiro atoms. The Bertz CT molecular complexity index is 601. The van der Waals surface area contributed by atoms with E-state index < -0.39 is 0 Å². The van der Waals surface area contributed by atoms with Crippen LogP contribution in [-0.4, -0.2) is 17.6 Å². The Labute approximate surface area is 125 Å². The van der Waals surface area contributed by atoms with Crippen molar-refractivity contribution in [3.05, 3.63) is 58.6 Å². The summed E-state index contributed by atoms with van der Waals surface area (Å²) in [7, 11) is 0. The number of aliphatic hydroxyl groups excluding tert-OH is 1.